The summed E-state index contributed by atoms with van der Waals surface area (Å²) in [6.07, 6.45) is 3.54. The van der Waals surface area contributed by atoms with Gasteiger partial charge in [0.2, 0.25) is 0 Å². The minimum absolute atomic E-state index is 0.0305. The normalized spacial score (nSPS) is 11.1. The fraction of sp³-hybridized carbons (Fsp3) is 0.0500. The Kier molecular flexibility index (Phi) is 3.65. The van der Waals surface area contributed by atoms with Gasteiger partial charge in [0.25, 0.3) is 0 Å². The lowest BCUT2D eigenvalue weighted by Gasteiger charge is -2.01. The Hall–Kier alpha value is -2.67. The number of ketones is 1. The second-order valence-electron chi connectivity index (χ2n) is 5.13. The summed E-state index contributed by atoms with van der Waals surface area (Å²) in [6.45, 7) is 2.01. The van der Waals surface area contributed by atoms with Crippen LogP contribution in [0.5, 0.6) is 0 Å². The van der Waals surface area contributed by atoms with Gasteiger partial charge in [0, 0.05) is 5.56 Å². The van der Waals surface area contributed by atoms with Crippen LogP contribution in [0.3, 0.4) is 0 Å². The summed E-state index contributed by atoms with van der Waals surface area (Å²) in [7, 11) is 0. The lowest BCUT2D eigenvalue weighted by molar-refractivity contribution is 0.104. The molecule has 0 aliphatic heterocycles. The van der Waals surface area contributed by atoms with Crippen LogP contribution in [0.1, 0.15) is 21.5 Å². The molecule has 0 unspecified atom stereocenters. The molecule has 0 aliphatic rings. The SMILES string of the molecule is Cc1ccc(C(=O)C=Cc2cccc3ccccc23)cc1. The molecule has 1 nitrogen and oxygen atoms in total. The van der Waals surface area contributed by atoms with Gasteiger partial charge in [0.1, 0.15) is 0 Å². The third-order valence-electron chi connectivity index (χ3n) is 3.57. The number of carbonyl (C=O) groups excluding carboxylic acids is 1. The van der Waals surface area contributed by atoms with Gasteiger partial charge in [-0.1, -0.05) is 78.4 Å². The fourth-order valence-corrected chi connectivity index (χ4v) is 2.38. The van der Waals surface area contributed by atoms with E-state index in [0.29, 0.717) is 0 Å². The fourth-order valence-electron chi connectivity index (χ4n) is 2.38. The van der Waals surface area contributed by atoms with Crippen LogP contribution in [0.4, 0.5) is 0 Å². The first-order valence-corrected chi connectivity index (χ1v) is 7.01. The van der Waals surface area contributed by atoms with E-state index in [1.54, 1.807) is 6.08 Å². The zero-order valence-corrected chi connectivity index (χ0v) is 11.9. The molecular formula is C20H16O. The lowest BCUT2D eigenvalue weighted by atomic mass is 10.0. The molecule has 0 N–H and O–H groups in total. The smallest absolute Gasteiger partial charge is 0.185 e. The first kappa shape index (κ1) is 13.3. The number of carbonyl (C=O) groups is 1. The molecular weight excluding hydrogens is 256 g/mol. The summed E-state index contributed by atoms with van der Waals surface area (Å²) in [6, 6.07) is 22.0. The monoisotopic (exact) mass is 272 g/mol. The van der Waals surface area contributed by atoms with Crippen LogP contribution in [0.2, 0.25) is 0 Å². The number of fused-ring (bicyclic) bond motifs is 1. The van der Waals surface area contributed by atoms with E-state index in [1.165, 1.54) is 5.39 Å². The van der Waals surface area contributed by atoms with E-state index in [4.69, 9.17) is 0 Å². The van der Waals surface area contributed by atoms with Gasteiger partial charge in [0.15, 0.2) is 5.78 Å². The third-order valence-corrected chi connectivity index (χ3v) is 3.57. The molecule has 0 radical (unpaired) electrons. The molecule has 3 rings (SSSR count). The summed E-state index contributed by atoms with van der Waals surface area (Å²) in [5.41, 5.74) is 2.94. The Bertz CT molecular complexity index is 805. The average Bonchev–Trinajstić information content (AvgIpc) is 2.53. The highest BCUT2D eigenvalue weighted by molar-refractivity contribution is 6.07. The van der Waals surface area contributed by atoms with Gasteiger partial charge in [-0.2, -0.15) is 0 Å². The van der Waals surface area contributed by atoms with Crippen LogP contribution in [0, 0.1) is 6.92 Å². The van der Waals surface area contributed by atoms with Crippen molar-refractivity contribution in [1.29, 1.82) is 0 Å². The van der Waals surface area contributed by atoms with Gasteiger partial charge in [-0.25, -0.2) is 0 Å². The van der Waals surface area contributed by atoms with Crippen molar-refractivity contribution >= 4 is 22.6 Å². The van der Waals surface area contributed by atoms with Crippen molar-refractivity contribution in [3.63, 3.8) is 0 Å². The van der Waals surface area contributed by atoms with Gasteiger partial charge >= 0.3 is 0 Å². The molecule has 102 valence electrons. The van der Waals surface area contributed by atoms with Crippen molar-refractivity contribution in [3.8, 4) is 0 Å². The van der Waals surface area contributed by atoms with Crippen LogP contribution in [-0.4, -0.2) is 5.78 Å². The highest BCUT2D eigenvalue weighted by atomic mass is 16.1. The number of allylic oxidation sites excluding steroid dienone is 1. The standard InChI is InChI=1S/C20H16O/c1-15-9-11-18(12-10-15)20(21)14-13-17-7-4-6-16-5-2-3-8-19(16)17/h2-14H,1H3. The van der Waals surface area contributed by atoms with E-state index < -0.39 is 0 Å². The molecule has 0 heterocycles. The van der Waals surface area contributed by atoms with Crippen molar-refractivity contribution in [2.45, 2.75) is 6.92 Å². The van der Waals surface area contributed by atoms with E-state index in [0.717, 1.165) is 22.1 Å². The molecule has 3 aromatic rings. The minimum Gasteiger partial charge on any atom is -0.289 e. The van der Waals surface area contributed by atoms with Gasteiger partial charge in [-0.3, -0.25) is 4.79 Å². The zero-order chi connectivity index (χ0) is 14.7. The molecule has 1 heteroatoms. The molecule has 0 aromatic heterocycles. The second-order valence-corrected chi connectivity index (χ2v) is 5.13. The molecule has 21 heavy (non-hydrogen) atoms. The second kappa shape index (κ2) is 5.76. The van der Waals surface area contributed by atoms with Crippen molar-refractivity contribution in [3.05, 3.63) is 89.5 Å². The number of rotatable bonds is 3. The summed E-state index contributed by atoms with van der Waals surface area (Å²) in [5, 5.41) is 2.34. The zero-order valence-electron chi connectivity index (χ0n) is 11.9. The third kappa shape index (κ3) is 2.92. The number of hydrogen-bond donors (Lipinski definition) is 0. The molecule has 0 bridgehead atoms. The quantitative estimate of drug-likeness (QED) is 0.482. The molecule has 3 aromatic carbocycles. The van der Waals surface area contributed by atoms with Gasteiger partial charge in [-0.05, 0) is 29.3 Å². The first-order valence-electron chi connectivity index (χ1n) is 7.01. The maximum atomic E-state index is 12.2. The minimum atomic E-state index is 0.0305. The maximum Gasteiger partial charge on any atom is 0.185 e. The average molecular weight is 272 g/mol. The van der Waals surface area contributed by atoms with Crippen molar-refractivity contribution < 1.29 is 4.79 Å². The number of benzene rings is 3. The van der Waals surface area contributed by atoms with Gasteiger partial charge < -0.3 is 0 Å². The van der Waals surface area contributed by atoms with Crippen LogP contribution >= 0.6 is 0 Å². The Labute approximate surface area is 124 Å². The molecule has 0 fully saturated rings. The number of hydrogen-bond acceptors (Lipinski definition) is 1. The summed E-state index contributed by atoms with van der Waals surface area (Å²) >= 11 is 0. The van der Waals surface area contributed by atoms with E-state index in [1.807, 2.05) is 61.5 Å². The van der Waals surface area contributed by atoms with E-state index in [-0.39, 0.29) is 5.78 Å². The lowest BCUT2D eigenvalue weighted by Crippen LogP contribution is -1.93. The Balaban J connectivity index is 1.91. The van der Waals surface area contributed by atoms with Crippen LogP contribution in [0.15, 0.2) is 72.8 Å². The summed E-state index contributed by atoms with van der Waals surface area (Å²) in [4.78, 5) is 12.2. The van der Waals surface area contributed by atoms with Crippen molar-refractivity contribution in [2.24, 2.45) is 0 Å². The van der Waals surface area contributed by atoms with Crippen LogP contribution < -0.4 is 0 Å². The Morgan fingerprint density at radius 2 is 1.57 bits per heavy atom. The highest BCUT2D eigenvalue weighted by Gasteiger charge is 2.02. The largest absolute Gasteiger partial charge is 0.289 e. The van der Waals surface area contributed by atoms with E-state index >= 15 is 0 Å². The molecule has 0 amide bonds. The predicted molar refractivity (Wildman–Crippen MR) is 88.5 cm³/mol. The Morgan fingerprint density at radius 1 is 0.857 bits per heavy atom. The molecule has 0 saturated carbocycles. The number of aryl methyl sites for hydroxylation is 1. The van der Waals surface area contributed by atoms with E-state index in [2.05, 4.69) is 18.2 Å². The topological polar surface area (TPSA) is 17.1 Å². The summed E-state index contributed by atoms with van der Waals surface area (Å²) in [5.74, 6) is 0.0305. The van der Waals surface area contributed by atoms with Crippen LogP contribution in [-0.2, 0) is 0 Å². The maximum absolute atomic E-state index is 12.2. The van der Waals surface area contributed by atoms with Crippen molar-refractivity contribution in [1.82, 2.24) is 0 Å². The highest BCUT2D eigenvalue weighted by Crippen LogP contribution is 2.19. The summed E-state index contributed by atoms with van der Waals surface area (Å²) < 4.78 is 0. The molecule has 0 aliphatic carbocycles. The van der Waals surface area contributed by atoms with Crippen LogP contribution in [0.25, 0.3) is 16.8 Å². The predicted octanol–water partition coefficient (Wildman–Crippen LogP) is 5.04. The van der Waals surface area contributed by atoms with Gasteiger partial charge in [-0.15, -0.1) is 0 Å². The molecule has 0 spiro atoms. The first-order chi connectivity index (χ1) is 10.2. The van der Waals surface area contributed by atoms with Gasteiger partial charge in [0.05, 0.1) is 0 Å². The van der Waals surface area contributed by atoms with E-state index in [9.17, 15) is 4.79 Å². The molecule has 0 saturated heterocycles. The van der Waals surface area contributed by atoms with Crippen molar-refractivity contribution in [2.75, 3.05) is 0 Å². The molecule has 0 atom stereocenters. The Morgan fingerprint density at radius 3 is 2.38 bits per heavy atom.